The minimum absolute atomic E-state index is 0.441. The smallest absolute Gasteiger partial charge is 0.336 e. The van der Waals surface area contributed by atoms with Gasteiger partial charge in [-0.15, -0.1) is 0 Å². The topological polar surface area (TPSA) is 39.4 Å². The zero-order chi connectivity index (χ0) is 14.5. The number of hydrogen-bond acceptors (Lipinski definition) is 3. The Labute approximate surface area is 126 Å². The van der Waals surface area contributed by atoms with Crippen molar-refractivity contribution in [2.24, 2.45) is 0 Å². The van der Waals surface area contributed by atoms with Crippen molar-refractivity contribution in [2.45, 2.75) is 20.3 Å². The number of ether oxygens (including phenoxy) is 1. The summed E-state index contributed by atoms with van der Waals surface area (Å²) in [4.78, 5) is 11.7. The molecule has 20 heavy (non-hydrogen) atoms. The lowest BCUT2D eigenvalue weighted by Gasteiger charge is -2.05. The monoisotopic (exact) mass is 334 g/mol. The Morgan fingerprint density at radius 3 is 2.75 bits per heavy atom. The van der Waals surface area contributed by atoms with Crippen LogP contribution in [0.5, 0.6) is 5.75 Å². The Kier molecular flexibility index (Phi) is 4.79. The fourth-order valence-corrected chi connectivity index (χ4v) is 2.19. The maximum atomic E-state index is 11.7. The highest BCUT2D eigenvalue weighted by molar-refractivity contribution is 9.10. The van der Waals surface area contributed by atoms with Gasteiger partial charge in [-0.1, -0.05) is 13.0 Å². The molecule has 0 atom stereocenters. The highest BCUT2D eigenvalue weighted by atomic mass is 79.9. The molecule has 0 aliphatic heterocycles. The van der Waals surface area contributed by atoms with Crippen LogP contribution in [0.25, 0.3) is 6.08 Å². The lowest BCUT2D eigenvalue weighted by molar-refractivity contribution is -0.128. The van der Waals surface area contributed by atoms with Gasteiger partial charge >= 0.3 is 5.97 Å². The van der Waals surface area contributed by atoms with Gasteiger partial charge in [0.25, 0.3) is 0 Å². The van der Waals surface area contributed by atoms with Crippen LogP contribution in [0.2, 0.25) is 0 Å². The summed E-state index contributed by atoms with van der Waals surface area (Å²) in [5, 5.41) is 0. The Hall–Kier alpha value is -1.81. The molecule has 1 aromatic carbocycles. The summed E-state index contributed by atoms with van der Waals surface area (Å²) < 4.78 is 11.4. The van der Waals surface area contributed by atoms with Crippen molar-refractivity contribution < 1.29 is 13.9 Å². The fourth-order valence-electron chi connectivity index (χ4n) is 1.68. The molecule has 0 N–H and O–H groups in total. The Morgan fingerprint density at radius 1 is 1.35 bits per heavy atom. The second kappa shape index (κ2) is 6.57. The summed E-state index contributed by atoms with van der Waals surface area (Å²) in [7, 11) is 0. The molecule has 2 aromatic rings. The van der Waals surface area contributed by atoms with Gasteiger partial charge in [0, 0.05) is 6.08 Å². The van der Waals surface area contributed by atoms with Crippen LogP contribution in [-0.4, -0.2) is 5.97 Å². The van der Waals surface area contributed by atoms with Crippen molar-refractivity contribution in [1.82, 2.24) is 0 Å². The summed E-state index contributed by atoms with van der Waals surface area (Å²) in [6, 6.07) is 9.30. The van der Waals surface area contributed by atoms with Crippen LogP contribution < -0.4 is 4.74 Å². The standard InChI is InChI=1S/C16H15BrO3/c1-3-12-5-8-15(14(17)10-12)20-16(18)9-7-13-6-4-11(2)19-13/h4-10H,3H2,1-2H3/b9-7+. The number of benzene rings is 1. The summed E-state index contributed by atoms with van der Waals surface area (Å²) in [6.45, 7) is 3.92. The van der Waals surface area contributed by atoms with Gasteiger partial charge in [-0.05, 0) is 65.2 Å². The number of carbonyl (C=O) groups excluding carboxylic acids is 1. The largest absolute Gasteiger partial charge is 0.462 e. The van der Waals surface area contributed by atoms with E-state index in [4.69, 9.17) is 9.15 Å². The summed E-state index contributed by atoms with van der Waals surface area (Å²) in [5.74, 6) is 1.49. The molecule has 2 rings (SSSR count). The fraction of sp³-hybridized carbons (Fsp3) is 0.188. The Bertz CT molecular complexity index is 641. The molecule has 0 bridgehead atoms. The summed E-state index contributed by atoms with van der Waals surface area (Å²) in [5.41, 5.74) is 1.18. The van der Waals surface area contributed by atoms with Crippen molar-refractivity contribution in [3.63, 3.8) is 0 Å². The number of furan rings is 1. The lowest BCUT2D eigenvalue weighted by Crippen LogP contribution is -2.04. The van der Waals surface area contributed by atoms with Crippen LogP contribution in [0.1, 0.15) is 24.0 Å². The molecule has 3 nitrogen and oxygen atoms in total. The normalized spacial score (nSPS) is 10.9. The van der Waals surface area contributed by atoms with E-state index in [0.717, 1.165) is 16.7 Å². The average molecular weight is 335 g/mol. The van der Waals surface area contributed by atoms with Crippen LogP contribution in [0, 0.1) is 6.92 Å². The molecule has 4 heteroatoms. The molecule has 0 spiro atoms. The van der Waals surface area contributed by atoms with Crippen LogP contribution in [0.3, 0.4) is 0 Å². The van der Waals surface area contributed by atoms with Crippen molar-refractivity contribution in [2.75, 3.05) is 0 Å². The molecule has 1 aromatic heterocycles. The molecule has 104 valence electrons. The van der Waals surface area contributed by atoms with E-state index in [0.29, 0.717) is 11.5 Å². The van der Waals surface area contributed by atoms with Gasteiger partial charge in [0.05, 0.1) is 4.47 Å². The number of carbonyl (C=O) groups is 1. The minimum atomic E-state index is -0.441. The number of aryl methyl sites for hydroxylation is 2. The van der Waals surface area contributed by atoms with E-state index in [2.05, 4.69) is 22.9 Å². The molecule has 0 aliphatic rings. The number of hydrogen-bond donors (Lipinski definition) is 0. The van der Waals surface area contributed by atoms with E-state index < -0.39 is 5.97 Å². The average Bonchev–Trinajstić information content (AvgIpc) is 2.84. The van der Waals surface area contributed by atoms with E-state index >= 15 is 0 Å². The molecular formula is C16H15BrO3. The van der Waals surface area contributed by atoms with Crippen molar-refractivity contribution >= 4 is 28.0 Å². The van der Waals surface area contributed by atoms with Gasteiger partial charge in [-0.3, -0.25) is 0 Å². The number of rotatable bonds is 4. The van der Waals surface area contributed by atoms with Gasteiger partial charge in [0.15, 0.2) is 0 Å². The SMILES string of the molecule is CCc1ccc(OC(=O)/C=C/c2ccc(C)o2)c(Br)c1. The minimum Gasteiger partial charge on any atom is -0.462 e. The second-order valence-electron chi connectivity index (χ2n) is 4.32. The quantitative estimate of drug-likeness (QED) is 0.468. The molecular weight excluding hydrogens is 320 g/mol. The highest BCUT2D eigenvalue weighted by Gasteiger charge is 2.06. The first kappa shape index (κ1) is 14.6. The number of esters is 1. The highest BCUT2D eigenvalue weighted by Crippen LogP contribution is 2.26. The van der Waals surface area contributed by atoms with Gasteiger partial charge in [-0.2, -0.15) is 0 Å². The molecule has 1 heterocycles. The molecule has 0 aliphatic carbocycles. The molecule has 0 radical (unpaired) electrons. The molecule has 0 saturated heterocycles. The third kappa shape index (κ3) is 3.84. The maximum absolute atomic E-state index is 11.7. The van der Waals surface area contributed by atoms with E-state index in [1.54, 1.807) is 18.2 Å². The first-order chi connectivity index (χ1) is 9.58. The van der Waals surface area contributed by atoms with Gasteiger partial charge in [-0.25, -0.2) is 4.79 Å². The van der Waals surface area contributed by atoms with Crippen molar-refractivity contribution in [3.8, 4) is 5.75 Å². The van der Waals surface area contributed by atoms with Gasteiger partial charge in [0.1, 0.15) is 17.3 Å². The first-order valence-corrected chi connectivity index (χ1v) is 7.12. The maximum Gasteiger partial charge on any atom is 0.336 e. The number of halogens is 1. The molecule has 0 amide bonds. The predicted molar refractivity (Wildman–Crippen MR) is 81.6 cm³/mol. The van der Waals surface area contributed by atoms with E-state index in [1.807, 2.05) is 25.1 Å². The summed E-state index contributed by atoms with van der Waals surface area (Å²) in [6.07, 6.45) is 3.87. The molecule has 0 fully saturated rings. The Balaban J connectivity index is 2.03. The zero-order valence-electron chi connectivity index (χ0n) is 11.4. The van der Waals surface area contributed by atoms with Gasteiger partial charge < -0.3 is 9.15 Å². The predicted octanol–water partition coefficient (Wildman–Crippen LogP) is 4.53. The van der Waals surface area contributed by atoms with Crippen LogP contribution in [-0.2, 0) is 11.2 Å². The van der Waals surface area contributed by atoms with Gasteiger partial charge in [0.2, 0.25) is 0 Å². The van der Waals surface area contributed by atoms with Crippen LogP contribution in [0.4, 0.5) is 0 Å². The first-order valence-electron chi connectivity index (χ1n) is 6.33. The zero-order valence-corrected chi connectivity index (χ0v) is 12.9. The van der Waals surface area contributed by atoms with Crippen molar-refractivity contribution in [3.05, 3.63) is 58.0 Å². The lowest BCUT2D eigenvalue weighted by atomic mass is 10.2. The summed E-state index contributed by atoms with van der Waals surface area (Å²) >= 11 is 3.40. The van der Waals surface area contributed by atoms with Crippen LogP contribution >= 0.6 is 15.9 Å². The van der Waals surface area contributed by atoms with Crippen molar-refractivity contribution in [1.29, 1.82) is 0 Å². The Morgan fingerprint density at radius 2 is 2.15 bits per heavy atom. The third-order valence-corrected chi connectivity index (χ3v) is 3.38. The second-order valence-corrected chi connectivity index (χ2v) is 5.18. The third-order valence-electron chi connectivity index (χ3n) is 2.76. The van der Waals surface area contributed by atoms with Crippen LogP contribution in [0.15, 0.2) is 45.3 Å². The molecule has 0 saturated carbocycles. The van der Waals surface area contributed by atoms with E-state index in [9.17, 15) is 4.79 Å². The van der Waals surface area contributed by atoms with E-state index in [1.165, 1.54) is 11.6 Å². The molecule has 0 unspecified atom stereocenters. The van der Waals surface area contributed by atoms with E-state index in [-0.39, 0.29) is 0 Å².